The zero-order valence-corrected chi connectivity index (χ0v) is 16.9. The van der Waals surface area contributed by atoms with Gasteiger partial charge in [0.05, 0.1) is 16.6 Å². The Labute approximate surface area is 177 Å². The maximum atomic E-state index is 11.3. The molecule has 0 bridgehead atoms. The number of hydrogen-bond acceptors (Lipinski definition) is 6. The van der Waals surface area contributed by atoms with E-state index in [4.69, 9.17) is 21.1 Å². The van der Waals surface area contributed by atoms with Gasteiger partial charge in [-0.05, 0) is 48.4 Å². The van der Waals surface area contributed by atoms with E-state index >= 15 is 0 Å². The van der Waals surface area contributed by atoms with Crippen LogP contribution in [0, 0.1) is 10.1 Å². The number of carboxylic acids is 1. The Balaban J connectivity index is 2.30. The van der Waals surface area contributed by atoms with Crippen molar-refractivity contribution in [1.29, 1.82) is 0 Å². The number of nitrogens with one attached hydrogen (secondary N) is 1. The third kappa shape index (κ3) is 6.21. The summed E-state index contributed by atoms with van der Waals surface area (Å²) in [5.41, 5.74) is 0.719. The molecule has 0 atom stereocenters. The van der Waals surface area contributed by atoms with Gasteiger partial charge in [0.15, 0.2) is 11.5 Å². The van der Waals surface area contributed by atoms with Gasteiger partial charge in [-0.2, -0.15) is 0 Å². The van der Waals surface area contributed by atoms with Gasteiger partial charge in [0.25, 0.3) is 5.69 Å². The van der Waals surface area contributed by atoms with Gasteiger partial charge in [0, 0.05) is 19.1 Å². The number of carboxylic acid groups (broad SMARTS) is 1. The average Bonchev–Trinajstić information content (AvgIpc) is 2.67. The van der Waals surface area contributed by atoms with E-state index in [-0.39, 0.29) is 34.5 Å². The van der Waals surface area contributed by atoms with Gasteiger partial charge in [-0.15, -0.1) is 0 Å². The van der Waals surface area contributed by atoms with Crippen molar-refractivity contribution >= 4 is 35.2 Å². The highest BCUT2D eigenvalue weighted by Gasteiger charge is 2.15. The fourth-order valence-corrected chi connectivity index (χ4v) is 2.72. The number of nitrogens with zero attached hydrogens (tertiary/aromatic N) is 1. The molecule has 0 aliphatic rings. The molecule has 9 nitrogen and oxygen atoms in total. The Morgan fingerprint density at radius 2 is 1.90 bits per heavy atom. The highest BCUT2D eigenvalue weighted by Crippen LogP contribution is 2.38. The second kappa shape index (κ2) is 10.3. The highest BCUT2D eigenvalue weighted by molar-refractivity contribution is 6.32. The molecule has 0 heterocycles. The molecule has 0 aromatic heterocycles. The van der Waals surface area contributed by atoms with Gasteiger partial charge in [-0.3, -0.25) is 14.9 Å². The van der Waals surface area contributed by atoms with Crippen LogP contribution >= 0.6 is 11.6 Å². The lowest BCUT2D eigenvalue weighted by Gasteiger charge is -2.15. The quantitative estimate of drug-likeness (QED) is 0.349. The lowest BCUT2D eigenvalue weighted by Crippen LogP contribution is -2.24. The standard InChI is InChI=1S/C20H19ClN2O7/c1-3-29-18-10-14(9-17(20(25)26)22-12(2)24)8-16(21)19(18)30-11-13-4-6-15(7-5-13)23(27)28/h4-10H,3,11H2,1-2H3,(H,22,24)(H,25,26). The number of carbonyl (C=O) groups is 2. The predicted molar refractivity (Wildman–Crippen MR) is 109 cm³/mol. The van der Waals surface area contributed by atoms with Gasteiger partial charge >= 0.3 is 5.97 Å². The number of carbonyl (C=O) groups excluding carboxylic acids is 1. The number of aliphatic carboxylic acids is 1. The molecule has 2 rings (SSSR count). The Morgan fingerprint density at radius 1 is 1.23 bits per heavy atom. The fourth-order valence-electron chi connectivity index (χ4n) is 2.45. The van der Waals surface area contributed by atoms with Gasteiger partial charge in [0.1, 0.15) is 12.3 Å². The zero-order valence-electron chi connectivity index (χ0n) is 16.2. The third-order valence-corrected chi connectivity index (χ3v) is 3.99. The van der Waals surface area contributed by atoms with Crippen LogP contribution in [0.25, 0.3) is 6.08 Å². The zero-order chi connectivity index (χ0) is 22.3. The Morgan fingerprint density at radius 3 is 2.43 bits per heavy atom. The molecule has 0 unspecified atom stereocenters. The topological polar surface area (TPSA) is 128 Å². The smallest absolute Gasteiger partial charge is 0.352 e. The van der Waals surface area contributed by atoms with Crippen molar-refractivity contribution in [2.75, 3.05) is 6.61 Å². The Kier molecular flexibility index (Phi) is 7.76. The first-order valence-electron chi connectivity index (χ1n) is 8.76. The van der Waals surface area contributed by atoms with Crippen molar-refractivity contribution in [3.05, 3.63) is 68.4 Å². The van der Waals surface area contributed by atoms with Crippen LogP contribution < -0.4 is 14.8 Å². The van der Waals surface area contributed by atoms with Crippen molar-refractivity contribution in [3.63, 3.8) is 0 Å². The van der Waals surface area contributed by atoms with Gasteiger partial charge in [-0.25, -0.2) is 4.79 Å². The second-order valence-corrected chi connectivity index (χ2v) is 6.43. The number of halogens is 1. The molecule has 2 N–H and O–H groups in total. The summed E-state index contributed by atoms with van der Waals surface area (Å²) in [6.07, 6.45) is 1.25. The molecular weight excluding hydrogens is 416 g/mol. The van der Waals surface area contributed by atoms with E-state index in [9.17, 15) is 24.8 Å². The van der Waals surface area contributed by atoms with Gasteiger partial charge in [-0.1, -0.05) is 11.6 Å². The van der Waals surface area contributed by atoms with Crippen LogP contribution in [0.2, 0.25) is 5.02 Å². The number of ether oxygens (including phenoxy) is 2. The first-order chi connectivity index (χ1) is 14.2. The first-order valence-corrected chi connectivity index (χ1v) is 9.14. The van der Waals surface area contributed by atoms with Crippen molar-refractivity contribution in [2.24, 2.45) is 0 Å². The highest BCUT2D eigenvalue weighted by atomic mass is 35.5. The van der Waals surface area contributed by atoms with E-state index in [0.29, 0.717) is 17.7 Å². The van der Waals surface area contributed by atoms with E-state index in [1.807, 2.05) is 0 Å². The summed E-state index contributed by atoms with van der Waals surface area (Å²) in [5, 5.41) is 22.4. The average molecular weight is 435 g/mol. The Bertz CT molecular complexity index is 987. The van der Waals surface area contributed by atoms with E-state index in [1.54, 1.807) is 19.1 Å². The van der Waals surface area contributed by atoms with Crippen molar-refractivity contribution < 1.29 is 29.1 Å². The molecular formula is C20H19ClN2O7. The lowest BCUT2D eigenvalue weighted by atomic mass is 10.1. The molecule has 30 heavy (non-hydrogen) atoms. The number of benzene rings is 2. The van der Waals surface area contributed by atoms with Crippen molar-refractivity contribution in [1.82, 2.24) is 5.32 Å². The monoisotopic (exact) mass is 434 g/mol. The van der Waals surface area contributed by atoms with Crippen LogP contribution in [-0.2, 0) is 16.2 Å². The molecule has 0 saturated carbocycles. The predicted octanol–water partition coefficient (Wildman–Crippen LogP) is 3.79. The maximum absolute atomic E-state index is 11.3. The summed E-state index contributed by atoms with van der Waals surface area (Å²) >= 11 is 6.31. The normalized spacial score (nSPS) is 11.0. The molecule has 0 radical (unpaired) electrons. The molecule has 1 amide bonds. The number of amides is 1. The maximum Gasteiger partial charge on any atom is 0.352 e. The minimum atomic E-state index is -1.31. The van der Waals surface area contributed by atoms with E-state index in [0.717, 1.165) is 0 Å². The second-order valence-electron chi connectivity index (χ2n) is 6.02. The summed E-state index contributed by atoms with van der Waals surface area (Å²) < 4.78 is 11.3. The van der Waals surface area contributed by atoms with Crippen LogP contribution in [0.5, 0.6) is 11.5 Å². The summed E-state index contributed by atoms with van der Waals surface area (Å²) in [7, 11) is 0. The van der Waals surface area contributed by atoms with E-state index in [1.165, 1.54) is 37.3 Å². The van der Waals surface area contributed by atoms with Crippen molar-refractivity contribution in [3.8, 4) is 11.5 Å². The minimum Gasteiger partial charge on any atom is -0.490 e. The summed E-state index contributed by atoms with van der Waals surface area (Å²) in [4.78, 5) is 32.8. The number of nitro benzene ring substituents is 1. The molecule has 0 spiro atoms. The summed E-state index contributed by atoms with van der Waals surface area (Å²) in [6, 6.07) is 8.87. The molecule has 2 aromatic carbocycles. The van der Waals surface area contributed by atoms with Crippen LogP contribution in [0.4, 0.5) is 5.69 Å². The largest absolute Gasteiger partial charge is 0.490 e. The molecule has 0 saturated heterocycles. The number of hydrogen-bond donors (Lipinski definition) is 2. The molecule has 10 heteroatoms. The van der Waals surface area contributed by atoms with Gasteiger partial charge in [0.2, 0.25) is 5.91 Å². The Hall–Kier alpha value is -3.59. The number of nitro groups is 1. The van der Waals surface area contributed by atoms with E-state index in [2.05, 4.69) is 5.32 Å². The third-order valence-electron chi connectivity index (χ3n) is 3.71. The van der Waals surface area contributed by atoms with Crippen LogP contribution in [-0.4, -0.2) is 28.5 Å². The minimum absolute atomic E-state index is 0.0312. The van der Waals surface area contributed by atoms with Crippen LogP contribution in [0.1, 0.15) is 25.0 Å². The molecule has 0 aliphatic heterocycles. The lowest BCUT2D eigenvalue weighted by molar-refractivity contribution is -0.384. The van der Waals surface area contributed by atoms with Crippen LogP contribution in [0.15, 0.2) is 42.1 Å². The summed E-state index contributed by atoms with van der Waals surface area (Å²) in [6.45, 7) is 3.34. The first kappa shape index (κ1) is 22.7. The fraction of sp³-hybridized carbons (Fsp3) is 0.200. The van der Waals surface area contributed by atoms with Crippen LogP contribution in [0.3, 0.4) is 0 Å². The molecule has 0 aliphatic carbocycles. The SMILES string of the molecule is CCOc1cc(C=C(NC(C)=O)C(=O)O)cc(Cl)c1OCc1ccc([N+](=O)[O-])cc1. The van der Waals surface area contributed by atoms with Crippen molar-refractivity contribution in [2.45, 2.75) is 20.5 Å². The summed E-state index contributed by atoms with van der Waals surface area (Å²) in [5.74, 6) is -1.31. The molecule has 0 fully saturated rings. The molecule has 158 valence electrons. The number of rotatable bonds is 9. The molecule has 2 aromatic rings. The number of non-ortho nitro benzene ring substituents is 1. The van der Waals surface area contributed by atoms with Gasteiger partial charge < -0.3 is 19.9 Å². The van der Waals surface area contributed by atoms with E-state index < -0.39 is 16.8 Å².